The molecule has 0 spiro atoms. The molecule has 3 nitrogen and oxygen atoms in total. The fourth-order valence-electron chi connectivity index (χ4n) is 5.56. The first-order chi connectivity index (χ1) is 13.4. The Kier molecular flexibility index (Phi) is 12.0. The Morgan fingerprint density at radius 3 is 0.645 bits per heavy atom. The van der Waals surface area contributed by atoms with Crippen LogP contribution in [0.1, 0.15) is 20.8 Å². The Morgan fingerprint density at radius 1 is 0.387 bits per heavy atom. The van der Waals surface area contributed by atoms with Crippen LogP contribution in [0.15, 0.2) is 0 Å². The minimum atomic E-state index is -2.73. The maximum atomic E-state index is 3.46. The summed E-state index contributed by atoms with van der Waals surface area (Å²) >= 11 is -2.73. The zero-order chi connectivity index (χ0) is 25.4. The molecule has 0 atom stereocenters. The molecule has 0 bridgehead atoms. The van der Waals surface area contributed by atoms with E-state index < -0.39 is 80.5 Å². The predicted molar refractivity (Wildman–Crippen MR) is 159 cm³/mol. The fraction of sp³-hybridized carbons (Fsp3) is 1.00. The normalized spacial score (nSPS) is 15.4. The van der Waals surface area contributed by atoms with Crippen LogP contribution in [0.3, 0.4) is 0 Å². The van der Waals surface area contributed by atoms with E-state index in [2.05, 4.69) is 122 Å². The van der Waals surface area contributed by atoms with Gasteiger partial charge in [-0.25, -0.2) is 0 Å². The summed E-state index contributed by atoms with van der Waals surface area (Å²) in [6, 6.07) is 4.19. The topological polar surface area (TPSA) is 9.72 Å². The van der Waals surface area contributed by atoms with Gasteiger partial charge >= 0.3 is 221 Å². The monoisotopic (exact) mass is 661 g/mol. The summed E-state index contributed by atoms with van der Waals surface area (Å²) < 4.78 is 10.4. The second-order valence-corrected chi connectivity index (χ2v) is 61.5. The second-order valence-electron chi connectivity index (χ2n) is 14.5. The van der Waals surface area contributed by atoms with Gasteiger partial charge in [-0.2, -0.15) is 0 Å². The van der Waals surface area contributed by atoms with Crippen LogP contribution < -0.4 is 0 Å². The number of hydrogen-bond donors (Lipinski definition) is 0. The molecule has 0 N–H and O–H groups in total. The summed E-state index contributed by atoms with van der Waals surface area (Å²) in [5, 5.41) is 0. The molecule has 0 heterocycles. The molecule has 0 aliphatic rings. The molecule has 0 aromatic carbocycles. The van der Waals surface area contributed by atoms with Crippen molar-refractivity contribution >= 4 is 49.4 Å². The van der Waals surface area contributed by atoms with Crippen LogP contribution in [0.4, 0.5) is 0 Å². The molecular weight excluding hydrogens is 602 g/mol. The SMILES string of the molecule is CC[Si](C)(C)[N]([La]([N]([Si](C)(C)C)[Si](C)(C)CC)[N]([Si](C)(C)C)[Si](C)(C)CC)[Si](C)(C)C. The molecule has 0 amide bonds. The summed E-state index contributed by atoms with van der Waals surface area (Å²) in [6.45, 7) is 48.1. The molecule has 0 aromatic heterocycles. The summed E-state index contributed by atoms with van der Waals surface area (Å²) in [4.78, 5) is 0. The first kappa shape index (κ1) is 33.4. The van der Waals surface area contributed by atoms with Crippen molar-refractivity contribution in [1.82, 2.24) is 2.99 Å². The minimum absolute atomic E-state index is 1.40. The number of hydrogen-bond acceptors (Lipinski definition) is 3. The van der Waals surface area contributed by atoms with Crippen LogP contribution in [0, 0.1) is 31.1 Å². The van der Waals surface area contributed by atoms with Crippen molar-refractivity contribution in [3.05, 3.63) is 0 Å². The van der Waals surface area contributed by atoms with E-state index in [4.69, 9.17) is 0 Å². The molecule has 0 radical (unpaired) electrons. The Labute approximate surface area is 218 Å². The van der Waals surface area contributed by atoms with Gasteiger partial charge in [-0.1, -0.05) is 0 Å². The average Bonchev–Trinajstić information content (AvgIpc) is 2.50. The van der Waals surface area contributed by atoms with Crippen LogP contribution in [0.25, 0.3) is 0 Å². The number of rotatable bonds is 12. The van der Waals surface area contributed by atoms with Crippen molar-refractivity contribution in [2.75, 3.05) is 0 Å². The molecule has 0 fully saturated rings. The Balaban J connectivity index is 7.62. The molecule has 31 heavy (non-hydrogen) atoms. The van der Waals surface area contributed by atoms with Gasteiger partial charge in [-0.05, 0) is 0 Å². The van der Waals surface area contributed by atoms with E-state index in [-0.39, 0.29) is 0 Å². The quantitative estimate of drug-likeness (QED) is 0.195. The molecular formula is C21H60LaN3Si6. The van der Waals surface area contributed by atoms with Gasteiger partial charge in [-0.15, -0.1) is 0 Å². The van der Waals surface area contributed by atoms with Gasteiger partial charge in [0, 0.05) is 0 Å². The predicted octanol–water partition coefficient (Wildman–Crippen LogP) is 8.44. The fourth-order valence-corrected chi connectivity index (χ4v) is 98.5. The van der Waals surface area contributed by atoms with E-state index in [0.717, 1.165) is 0 Å². The van der Waals surface area contributed by atoms with Crippen molar-refractivity contribution < 1.29 is 31.1 Å². The van der Waals surface area contributed by atoms with Crippen LogP contribution >= 0.6 is 0 Å². The van der Waals surface area contributed by atoms with E-state index in [1.54, 1.807) is 0 Å². The van der Waals surface area contributed by atoms with Crippen LogP contribution in [0.5, 0.6) is 0 Å². The Bertz CT molecular complexity index is 498. The summed E-state index contributed by atoms with van der Waals surface area (Å²) in [6.07, 6.45) is 0. The Morgan fingerprint density at radius 2 is 0.548 bits per heavy atom. The van der Waals surface area contributed by atoms with Gasteiger partial charge in [0.15, 0.2) is 0 Å². The van der Waals surface area contributed by atoms with E-state index in [1.165, 1.54) is 18.1 Å². The summed E-state index contributed by atoms with van der Waals surface area (Å²) in [7, 11) is -8.84. The average molecular weight is 662 g/mol. The van der Waals surface area contributed by atoms with Gasteiger partial charge in [0.2, 0.25) is 0 Å². The molecule has 0 unspecified atom stereocenters. The third-order valence-electron chi connectivity index (χ3n) is 7.41. The van der Waals surface area contributed by atoms with Crippen molar-refractivity contribution in [2.45, 2.75) is 137 Å². The van der Waals surface area contributed by atoms with Gasteiger partial charge < -0.3 is 0 Å². The van der Waals surface area contributed by atoms with Crippen molar-refractivity contribution in [1.29, 1.82) is 0 Å². The van der Waals surface area contributed by atoms with E-state index in [0.29, 0.717) is 0 Å². The standard InChI is InChI=1S/3C7H20NSi2.La/c3*1-7-10(5,6)8-9(2,3)4;/h3*7H2,1-6H3;/q3*-1;+3. The van der Waals surface area contributed by atoms with Crippen LogP contribution in [-0.2, 0) is 0 Å². The van der Waals surface area contributed by atoms with Crippen molar-refractivity contribution in [3.8, 4) is 0 Å². The van der Waals surface area contributed by atoms with E-state index in [1.807, 2.05) is 0 Å². The van der Waals surface area contributed by atoms with Gasteiger partial charge in [0.05, 0.1) is 0 Å². The molecule has 0 aliphatic heterocycles. The molecule has 0 saturated carbocycles. The third-order valence-corrected chi connectivity index (χ3v) is 88.4. The van der Waals surface area contributed by atoms with Crippen molar-refractivity contribution in [3.63, 3.8) is 0 Å². The Hall–Kier alpha value is 2.38. The second kappa shape index (κ2) is 11.2. The maximum absolute atomic E-state index is 3.46. The summed E-state index contributed by atoms with van der Waals surface area (Å²) in [5.41, 5.74) is 0. The first-order valence-corrected chi connectivity index (χ1v) is 37.5. The van der Waals surface area contributed by atoms with E-state index in [9.17, 15) is 0 Å². The van der Waals surface area contributed by atoms with Gasteiger partial charge in [0.1, 0.15) is 0 Å². The number of nitrogens with zero attached hydrogens (tertiary/aromatic N) is 3. The third kappa shape index (κ3) is 8.47. The zero-order valence-electron chi connectivity index (χ0n) is 25.0. The van der Waals surface area contributed by atoms with Crippen molar-refractivity contribution in [2.24, 2.45) is 0 Å². The van der Waals surface area contributed by atoms with Gasteiger partial charge in [0.25, 0.3) is 0 Å². The summed E-state index contributed by atoms with van der Waals surface area (Å²) in [5.74, 6) is 0. The first-order valence-electron chi connectivity index (χ1n) is 12.8. The van der Waals surface area contributed by atoms with Crippen LogP contribution in [0.2, 0.25) is 116 Å². The molecule has 10 heteroatoms. The van der Waals surface area contributed by atoms with E-state index >= 15 is 0 Å². The van der Waals surface area contributed by atoms with Gasteiger partial charge in [-0.3, -0.25) is 0 Å². The molecule has 0 rings (SSSR count). The van der Waals surface area contributed by atoms with Crippen LogP contribution in [-0.4, -0.2) is 52.4 Å². The molecule has 0 aliphatic carbocycles. The molecule has 186 valence electrons. The zero-order valence-corrected chi connectivity index (χ0v) is 34.7. The molecule has 0 aromatic rings. The molecule has 0 saturated heterocycles.